The van der Waals surface area contributed by atoms with Gasteiger partial charge in [0.1, 0.15) is 5.82 Å². The van der Waals surface area contributed by atoms with E-state index in [-0.39, 0.29) is 11.7 Å². The molecule has 1 N–H and O–H groups in total. The monoisotopic (exact) mass is 339 g/mol. The molecule has 3 aromatic rings. The highest BCUT2D eigenvalue weighted by atomic mass is 32.2. The van der Waals surface area contributed by atoms with E-state index in [1.807, 2.05) is 48.9 Å². The van der Waals surface area contributed by atoms with Crippen LogP contribution in [0.3, 0.4) is 0 Å². The van der Waals surface area contributed by atoms with Gasteiger partial charge in [0, 0.05) is 18.8 Å². The van der Waals surface area contributed by atoms with Crippen LogP contribution in [0.25, 0.3) is 11.4 Å². The zero-order chi connectivity index (χ0) is 16.9. The molecule has 0 aliphatic heterocycles. The number of aryl methyl sites for hydroxylation is 1. The van der Waals surface area contributed by atoms with Gasteiger partial charge in [0.2, 0.25) is 5.91 Å². The maximum Gasteiger partial charge on any atom is 0.236 e. The average Bonchev–Trinajstić information content (AvgIpc) is 2.95. The number of nitrogens with zero attached hydrogens (tertiary/aromatic N) is 4. The Morgan fingerprint density at radius 2 is 1.96 bits per heavy atom. The minimum absolute atomic E-state index is 0.126. The van der Waals surface area contributed by atoms with Crippen molar-refractivity contribution < 1.29 is 4.79 Å². The summed E-state index contributed by atoms with van der Waals surface area (Å²) in [4.78, 5) is 16.1. The number of carbonyl (C=O) groups excluding carboxylic acids is 1. The molecule has 0 saturated carbocycles. The van der Waals surface area contributed by atoms with Crippen LogP contribution >= 0.6 is 11.8 Å². The predicted octanol–water partition coefficient (Wildman–Crippen LogP) is 2.92. The fraction of sp³-hybridized carbons (Fsp3) is 0.176. The molecular weight excluding hydrogens is 322 g/mol. The van der Waals surface area contributed by atoms with E-state index in [0.717, 1.165) is 17.0 Å². The van der Waals surface area contributed by atoms with Gasteiger partial charge in [0.15, 0.2) is 11.0 Å². The molecule has 7 heteroatoms. The number of aromatic nitrogens is 4. The molecule has 2 heterocycles. The Balaban J connectivity index is 1.67. The number of pyridine rings is 1. The molecule has 0 saturated heterocycles. The van der Waals surface area contributed by atoms with Gasteiger partial charge in [-0.05, 0) is 24.6 Å². The third-order valence-corrected chi connectivity index (χ3v) is 4.51. The molecule has 0 unspecified atom stereocenters. The van der Waals surface area contributed by atoms with Crippen molar-refractivity contribution in [3.8, 4) is 11.4 Å². The Morgan fingerprint density at radius 3 is 2.71 bits per heavy atom. The largest absolute Gasteiger partial charge is 0.310 e. The van der Waals surface area contributed by atoms with E-state index >= 15 is 0 Å². The molecule has 122 valence electrons. The van der Waals surface area contributed by atoms with Gasteiger partial charge in [-0.1, -0.05) is 42.1 Å². The number of hydrogen-bond acceptors (Lipinski definition) is 5. The van der Waals surface area contributed by atoms with Gasteiger partial charge in [-0.2, -0.15) is 0 Å². The van der Waals surface area contributed by atoms with Crippen LogP contribution in [0, 0.1) is 6.92 Å². The van der Waals surface area contributed by atoms with Crippen LogP contribution in [0.15, 0.2) is 53.8 Å². The van der Waals surface area contributed by atoms with E-state index in [1.165, 1.54) is 11.8 Å². The maximum absolute atomic E-state index is 12.0. The van der Waals surface area contributed by atoms with Crippen LogP contribution in [0.4, 0.5) is 5.82 Å². The minimum atomic E-state index is -0.126. The van der Waals surface area contributed by atoms with E-state index in [2.05, 4.69) is 20.5 Å². The number of amides is 1. The number of thioether (sulfide) groups is 1. The first-order chi connectivity index (χ1) is 11.6. The van der Waals surface area contributed by atoms with Crippen LogP contribution < -0.4 is 5.32 Å². The lowest BCUT2D eigenvalue weighted by Crippen LogP contribution is -2.15. The summed E-state index contributed by atoms with van der Waals surface area (Å²) in [6, 6.07) is 13.4. The Labute approximate surface area is 144 Å². The Hall–Kier alpha value is -2.67. The van der Waals surface area contributed by atoms with Crippen LogP contribution in [-0.4, -0.2) is 31.4 Å². The summed E-state index contributed by atoms with van der Waals surface area (Å²) >= 11 is 1.35. The van der Waals surface area contributed by atoms with Crippen LogP contribution in [-0.2, 0) is 11.8 Å². The number of hydrogen-bond donors (Lipinski definition) is 1. The molecule has 3 rings (SSSR count). The number of carbonyl (C=O) groups is 1. The minimum Gasteiger partial charge on any atom is -0.310 e. The first-order valence-electron chi connectivity index (χ1n) is 7.44. The third kappa shape index (κ3) is 3.62. The summed E-state index contributed by atoms with van der Waals surface area (Å²) in [6.45, 7) is 2.04. The van der Waals surface area contributed by atoms with Crippen LogP contribution in [0.2, 0.25) is 0 Å². The van der Waals surface area contributed by atoms with Crippen molar-refractivity contribution in [2.75, 3.05) is 11.1 Å². The molecule has 2 aromatic heterocycles. The van der Waals surface area contributed by atoms with E-state index < -0.39 is 0 Å². The summed E-state index contributed by atoms with van der Waals surface area (Å²) < 4.78 is 1.90. The van der Waals surface area contributed by atoms with Crippen molar-refractivity contribution in [3.63, 3.8) is 0 Å². The molecular formula is C17H17N5OS. The van der Waals surface area contributed by atoms with E-state index in [1.54, 1.807) is 18.3 Å². The summed E-state index contributed by atoms with van der Waals surface area (Å²) in [5, 5.41) is 11.9. The molecule has 0 radical (unpaired) electrons. The van der Waals surface area contributed by atoms with E-state index in [9.17, 15) is 4.79 Å². The topological polar surface area (TPSA) is 72.7 Å². The quantitative estimate of drug-likeness (QED) is 0.724. The normalized spacial score (nSPS) is 10.6. The van der Waals surface area contributed by atoms with Gasteiger partial charge < -0.3 is 9.88 Å². The average molecular weight is 339 g/mol. The van der Waals surface area contributed by atoms with Crippen LogP contribution in [0.5, 0.6) is 0 Å². The molecule has 0 spiro atoms. The van der Waals surface area contributed by atoms with Gasteiger partial charge in [-0.25, -0.2) is 4.98 Å². The molecule has 0 fully saturated rings. The highest BCUT2D eigenvalue weighted by molar-refractivity contribution is 7.99. The molecule has 0 aliphatic carbocycles. The van der Waals surface area contributed by atoms with E-state index in [4.69, 9.17) is 0 Å². The smallest absolute Gasteiger partial charge is 0.236 e. The predicted molar refractivity (Wildman–Crippen MR) is 94.8 cm³/mol. The standard InChI is InChI=1S/C17H17N5OS/c1-12-7-3-4-8-13(12)16-20-21-17(22(16)2)24-11-15(23)19-14-9-5-6-10-18-14/h3-10H,11H2,1-2H3,(H,18,19,23). The first-order valence-corrected chi connectivity index (χ1v) is 8.43. The lowest BCUT2D eigenvalue weighted by atomic mass is 10.1. The third-order valence-electron chi connectivity index (χ3n) is 3.49. The number of nitrogens with one attached hydrogen (secondary N) is 1. The first kappa shape index (κ1) is 16.2. The van der Waals surface area contributed by atoms with Crippen molar-refractivity contribution >= 4 is 23.5 Å². The highest BCUT2D eigenvalue weighted by Crippen LogP contribution is 2.24. The molecule has 0 bridgehead atoms. The van der Waals surface area contributed by atoms with Gasteiger partial charge in [-0.3, -0.25) is 4.79 Å². The molecule has 0 atom stereocenters. The molecule has 0 aliphatic rings. The Morgan fingerprint density at radius 1 is 1.17 bits per heavy atom. The summed E-state index contributed by atoms with van der Waals surface area (Å²) in [7, 11) is 1.90. The van der Waals surface area contributed by atoms with Crippen molar-refractivity contribution in [3.05, 3.63) is 54.2 Å². The lowest BCUT2D eigenvalue weighted by Gasteiger charge is -2.06. The van der Waals surface area contributed by atoms with Gasteiger partial charge in [-0.15, -0.1) is 10.2 Å². The second-order valence-corrected chi connectivity index (χ2v) is 6.17. The van der Waals surface area contributed by atoms with Crippen LogP contribution in [0.1, 0.15) is 5.56 Å². The highest BCUT2D eigenvalue weighted by Gasteiger charge is 2.14. The summed E-state index contributed by atoms with van der Waals surface area (Å²) in [6.07, 6.45) is 1.64. The van der Waals surface area contributed by atoms with Gasteiger partial charge in [0.05, 0.1) is 5.75 Å². The lowest BCUT2D eigenvalue weighted by molar-refractivity contribution is -0.113. The zero-order valence-electron chi connectivity index (χ0n) is 13.4. The van der Waals surface area contributed by atoms with Crippen molar-refractivity contribution in [2.24, 2.45) is 7.05 Å². The number of rotatable bonds is 5. The molecule has 1 aromatic carbocycles. The summed E-state index contributed by atoms with van der Waals surface area (Å²) in [5.74, 6) is 1.46. The second-order valence-electron chi connectivity index (χ2n) is 5.23. The molecule has 24 heavy (non-hydrogen) atoms. The maximum atomic E-state index is 12.0. The van der Waals surface area contributed by atoms with Crippen molar-refractivity contribution in [2.45, 2.75) is 12.1 Å². The van der Waals surface area contributed by atoms with Gasteiger partial charge in [0.25, 0.3) is 0 Å². The number of benzene rings is 1. The number of anilines is 1. The SMILES string of the molecule is Cc1ccccc1-c1nnc(SCC(=O)Nc2ccccn2)n1C. The van der Waals surface area contributed by atoms with E-state index in [0.29, 0.717) is 11.0 Å². The Bertz CT molecular complexity index is 847. The fourth-order valence-electron chi connectivity index (χ4n) is 2.24. The molecule has 1 amide bonds. The van der Waals surface area contributed by atoms with Gasteiger partial charge >= 0.3 is 0 Å². The molecule has 6 nitrogen and oxygen atoms in total. The fourth-order valence-corrected chi connectivity index (χ4v) is 2.96. The second kappa shape index (κ2) is 7.27. The zero-order valence-corrected chi connectivity index (χ0v) is 14.2. The Kier molecular flexibility index (Phi) is 4.90. The van der Waals surface area contributed by atoms with Crippen molar-refractivity contribution in [1.29, 1.82) is 0 Å². The van der Waals surface area contributed by atoms with Crippen molar-refractivity contribution in [1.82, 2.24) is 19.7 Å². The summed E-state index contributed by atoms with van der Waals surface area (Å²) in [5.41, 5.74) is 2.18.